The normalized spacial score (nSPS) is 8.00. The van der Waals surface area contributed by atoms with E-state index < -0.39 is 0 Å². The van der Waals surface area contributed by atoms with Crippen molar-refractivity contribution in [3.8, 4) is 0 Å². The smallest absolute Gasteiger partial charge is 1.00 e. The summed E-state index contributed by atoms with van der Waals surface area (Å²) in [4.78, 5) is 15.4. The Bertz CT molecular complexity index is 258. The first-order valence-corrected chi connectivity index (χ1v) is 2.48. The van der Waals surface area contributed by atoms with Crippen LogP contribution in [0.4, 0.5) is 0 Å². The molecule has 1 aromatic rings. The van der Waals surface area contributed by atoms with Crippen molar-refractivity contribution < 1.29 is 31.0 Å². The molecule has 0 saturated heterocycles. The largest absolute Gasteiger partial charge is 1.00 e. The Hall–Kier alpha value is 0.1000. The SMILES string of the molecule is O=c1cc[nH]c(=S)[nH]1.[H-].[Na+]. The van der Waals surface area contributed by atoms with Gasteiger partial charge in [0.15, 0.2) is 4.77 Å². The number of rotatable bonds is 0. The van der Waals surface area contributed by atoms with Gasteiger partial charge in [0, 0.05) is 12.3 Å². The Morgan fingerprint density at radius 3 is 2.67 bits per heavy atom. The molecule has 1 rings (SSSR count). The first kappa shape index (κ1) is 9.10. The fourth-order valence-electron chi connectivity index (χ4n) is 0.383. The molecule has 0 aliphatic heterocycles. The summed E-state index contributed by atoms with van der Waals surface area (Å²) in [5, 5.41) is 0. The van der Waals surface area contributed by atoms with Crippen molar-refractivity contribution in [2.45, 2.75) is 0 Å². The third-order valence-electron chi connectivity index (χ3n) is 0.686. The minimum Gasteiger partial charge on any atom is -1.00 e. The molecule has 0 radical (unpaired) electrons. The molecule has 0 saturated carbocycles. The zero-order valence-corrected chi connectivity index (χ0v) is 7.79. The van der Waals surface area contributed by atoms with Gasteiger partial charge in [0.2, 0.25) is 0 Å². The third-order valence-corrected chi connectivity index (χ3v) is 0.906. The van der Waals surface area contributed by atoms with Gasteiger partial charge in [-0.15, -0.1) is 0 Å². The number of hydrogen-bond donors (Lipinski definition) is 2. The van der Waals surface area contributed by atoms with Crippen molar-refractivity contribution in [1.29, 1.82) is 0 Å². The average Bonchev–Trinajstić information content (AvgIpc) is 1.64. The first-order chi connectivity index (χ1) is 3.79. The Kier molecular flexibility index (Phi) is 4.05. The molecule has 0 aromatic carbocycles. The minimum atomic E-state index is -0.172. The van der Waals surface area contributed by atoms with E-state index in [0.717, 1.165) is 0 Å². The summed E-state index contributed by atoms with van der Waals surface area (Å²) in [6, 6.07) is 1.37. The van der Waals surface area contributed by atoms with Crippen LogP contribution < -0.4 is 35.1 Å². The number of hydrogen-bond acceptors (Lipinski definition) is 2. The predicted octanol–water partition coefficient (Wildman–Crippen LogP) is -2.45. The summed E-state index contributed by atoms with van der Waals surface area (Å²) in [5.74, 6) is 0. The molecule has 1 aromatic heterocycles. The summed E-state index contributed by atoms with van der Waals surface area (Å²) in [7, 11) is 0. The molecule has 1 heterocycles. The van der Waals surface area contributed by atoms with Crippen molar-refractivity contribution >= 4 is 12.2 Å². The van der Waals surface area contributed by atoms with Crippen LogP contribution in [0.3, 0.4) is 0 Å². The van der Waals surface area contributed by atoms with Gasteiger partial charge in [-0.2, -0.15) is 0 Å². The molecule has 0 atom stereocenters. The molecule has 2 N–H and O–H groups in total. The van der Waals surface area contributed by atoms with Gasteiger partial charge in [0.25, 0.3) is 5.56 Å². The van der Waals surface area contributed by atoms with Crippen LogP contribution in [0, 0.1) is 4.77 Å². The second-order valence-corrected chi connectivity index (χ2v) is 1.70. The van der Waals surface area contributed by atoms with Crippen LogP contribution in [0.2, 0.25) is 0 Å². The topological polar surface area (TPSA) is 48.6 Å². The molecule has 5 heteroatoms. The van der Waals surface area contributed by atoms with Crippen LogP contribution in [0.5, 0.6) is 0 Å². The fourth-order valence-corrected chi connectivity index (χ4v) is 0.551. The predicted molar refractivity (Wildman–Crippen MR) is 33.4 cm³/mol. The molecule has 0 amide bonds. The maximum Gasteiger partial charge on any atom is 1.00 e. The number of aromatic nitrogens is 2. The van der Waals surface area contributed by atoms with Gasteiger partial charge in [-0.3, -0.25) is 9.78 Å². The Morgan fingerprint density at radius 2 is 2.33 bits per heavy atom. The Labute approximate surface area is 80.3 Å². The molecule has 0 bridgehead atoms. The average molecular weight is 152 g/mol. The molecular weight excluding hydrogens is 147 g/mol. The summed E-state index contributed by atoms with van der Waals surface area (Å²) >= 11 is 4.59. The van der Waals surface area contributed by atoms with E-state index >= 15 is 0 Å². The standard InChI is InChI=1S/C4H4N2OS.Na.H/c7-3-1-2-5-4(8)6-3;;/h1-2H,(H2,5,6,7,8);;/q;+1;-1. The van der Waals surface area contributed by atoms with Crippen LogP contribution in [-0.2, 0) is 0 Å². The summed E-state index contributed by atoms with van der Waals surface area (Å²) in [5.41, 5.74) is -0.172. The second kappa shape index (κ2) is 4.00. The van der Waals surface area contributed by atoms with Gasteiger partial charge < -0.3 is 6.41 Å². The zero-order chi connectivity index (χ0) is 5.98. The summed E-state index contributed by atoms with van der Waals surface area (Å²) in [6.07, 6.45) is 1.50. The van der Waals surface area contributed by atoms with E-state index in [2.05, 4.69) is 22.2 Å². The van der Waals surface area contributed by atoms with E-state index in [4.69, 9.17) is 0 Å². The maximum absolute atomic E-state index is 10.3. The van der Waals surface area contributed by atoms with Crippen LogP contribution >= 0.6 is 12.2 Å². The molecule has 0 fully saturated rings. The van der Waals surface area contributed by atoms with E-state index in [-0.39, 0.29) is 36.5 Å². The Balaban J connectivity index is 0. The quantitative estimate of drug-likeness (QED) is 0.320. The van der Waals surface area contributed by atoms with E-state index in [1.807, 2.05) is 0 Å². The van der Waals surface area contributed by atoms with Gasteiger partial charge in [-0.05, 0) is 12.2 Å². The van der Waals surface area contributed by atoms with E-state index in [1.54, 1.807) is 0 Å². The maximum atomic E-state index is 10.3. The van der Waals surface area contributed by atoms with Crippen molar-refractivity contribution in [3.63, 3.8) is 0 Å². The number of nitrogens with one attached hydrogen (secondary N) is 2. The molecule has 0 aliphatic rings. The molecule has 0 aliphatic carbocycles. The summed E-state index contributed by atoms with van der Waals surface area (Å²) in [6.45, 7) is 0. The van der Waals surface area contributed by atoms with Gasteiger partial charge >= 0.3 is 29.6 Å². The monoisotopic (exact) mass is 152 g/mol. The van der Waals surface area contributed by atoms with Gasteiger partial charge in [0.1, 0.15) is 0 Å². The van der Waals surface area contributed by atoms with Crippen LogP contribution in [-0.4, -0.2) is 9.97 Å². The van der Waals surface area contributed by atoms with Crippen molar-refractivity contribution in [2.24, 2.45) is 0 Å². The van der Waals surface area contributed by atoms with Crippen molar-refractivity contribution in [1.82, 2.24) is 9.97 Å². The first-order valence-electron chi connectivity index (χ1n) is 2.07. The molecule has 0 spiro atoms. The fraction of sp³-hybridized carbons (Fsp3) is 0. The van der Waals surface area contributed by atoms with Gasteiger partial charge in [-0.25, -0.2) is 0 Å². The van der Waals surface area contributed by atoms with Crippen molar-refractivity contribution in [3.05, 3.63) is 27.4 Å². The number of aromatic amines is 2. The third kappa shape index (κ3) is 2.95. The summed E-state index contributed by atoms with van der Waals surface area (Å²) < 4.78 is 0.359. The molecule has 0 unspecified atom stereocenters. The Morgan fingerprint density at radius 1 is 1.67 bits per heavy atom. The van der Waals surface area contributed by atoms with Gasteiger partial charge in [-0.1, -0.05) is 0 Å². The molecule has 9 heavy (non-hydrogen) atoms. The molecular formula is C4H5N2NaOS. The van der Waals surface area contributed by atoms with Crippen molar-refractivity contribution in [2.75, 3.05) is 0 Å². The zero-order valence-electron chi connectivity index (χ0n) is 5.97. The number of H-pyrrole nitrogens is 2. The van der Waals surface area contributed by atoms with Crippen LogP contribution in [0.15, 0.2) is 17.1 Å². The second-order valence-electron chi connectivity index (χ2n) is 1.30. The van der Waals surface area contributed by atoms with Gasteiger partial charge in [0.05, 0.1) is 0 Å². The molecule has 44 valence electrons. The van der Waals surface area contributed by atoms with E-state index in [9.17, 15) is 4.79 Å². The van der Waals surface area contributed by atoms with Crippen LogP contribution in [0.1, 0.15) is 1.43 Å². The minimum absolute atomic E-state index is 0. The van der Waals surface area contributed by atoms with Crippen LogP contribution in [0.25, 0.3) is 0 Å². The molecule has 3 nitrogen and oxygen atoms in total. The van der Waals surface area contributed by atoms with E-state index in [0.29, 0.717) is 4.77 Å². The van der Waals surface area contributed by atoms with E-state index in [1.165, 1.54) is 12.3 Å².